The number of carbonyl (C=O) groups is 2. The topological polar surface area (TPSA) is 113 Å². The molecule has 1 aromatic rings. The molecule has 0 radical (unpaired) electrons. The number of hydrogen-bond acceptors (Lipinski definition) is 5. The molecule has 8 heteroatoms. The second kappa shape index (κ2) is 8.00. The lowest BCUT2D eigenvalue weighted by Crippen LogP contribution is -2.54. The first-order valence-corrected chi connectivity index (χ1v) is 10.5. The number of nitro benzene ring substituents is 1. The first-order chi connectivity index (χ1) is 13.9. The third-order valence-corrected chi connectivity index (χ3v) is 6.78. The van der Waals surface area contributed by atoms with Crippen LogP contribution in [0.3, 0.4) is 0 Å². The number of amides is 2. The maximum atomic E-state index is 12.8. The fraction of sp³-hybridized carbons (Fsp3) is 0.619. The molecule has 29 heavy (non-hydrogen) atoms. The normalized spacial score (nSPS) is 29.3. The van der Waals surface area contributed by atoms with Crippen molar-refractivity contribution in [1.29, 1.82) is 0 Å². The molecule has 8 nitrogen and oxygen atoms in total. The minimum Gasteiger partial charge on any atom is -0.383 e. The van der Waals surface area contributed by atoms with Crippen molar-refractivity contribution in [1.82, 2.24) is 10.6 Å². The summed E-state index contributed by atoms with van der Waals surface area (Å²) in [7, 11) is 0. The Hall–Kier alpha value is -2.64. The van der Waals surface area contributed by atoms with E-state index in [0.29, 0.717) is 30.8 Å². The molecule has 4 saturated carbocycles. The van der Waals surface area contributed by atoms with Crippen LogP contribution in [0.25, 0.3) is 0 Å². The van der Waals surface area contributed by atoms with Crippen molar-refractivity contribution in [3.05, 3.63) is 34.4 Å². The second-order valence-corrected chi connectivity index (χ2v) is 8.96. The van der Waals surface area contributed by atoms with Crippen LogP contribution in [0.1, 0.15) is 38.5 Å². The lowest BCUT2D eigenvalue weighted by molar-refractivity contribution is -0.384. The van der Waals surface area contributed by atoms with Gasteiger partial charge in [0.1, 0.15) is 0 Å². The van der Waals surface area contributed by atoms with Crippen LogP contribution in [0, 0.1) is 33.3 Å². The third kappa shape index (κ3) is 4.36. The first kappa shape index (κ1) is 19.7. The van der Waals surface area contributed by atoms with Gasteiger partial charge in [0, 0.05) is 36.3 Å². The number of carbonyl (C=O) groups excluding carboxylic acids is 2. The molecule has 156 valence electrons. The van der Waals surface area contributed by atoms with Crippen molar-refractivity contribution in [2.45, 2.75) is 38.5 Å². The number of non-ortho nitro benzene ring substituents is 1. The van der Waals surface area contributed by atoms with Gasteiger partial charge < -0.3 is 16.0 Å². The summed E-state index contributed by atoms with van der Waals surface area (Å²) in [5, 5.41) is 19.4. The smallest absolute Gasteiger partial charge is 0.269 e. The van der Waals surface area contributed by atoms with Crippen LogP contribution in [0.2, 0.25) is 0 Å². The third-order valence-electron chi connectivity index (χ3n) is 6.78. The Labute approximate surface area is 170 Å². The van der Waals surface area contributed by atoms with E-state index in [0.717, 1.165) is 24.9 Å². The number of nitrogens with zero attached hydrogens (tertiary/aromatic N) is 1. The Bertz CT molecular complexity index is 757. The zero-order chi connectivity index (χ0) is 20.4. The molecule has 0 unspecified atom stereocenters. The Morgan fingerprint density at radius 1 is 0.966 bits per heavy atom. The van der Waals surface area contributed by atoms with Gasteiger partial charge in [-0.15, -0.1) is 0 Å². The molecule has 3 N–H and O–H groups in total. The highest BCUT2D eigenvalue weighted by atomic mass is 16.6. The molecule has 1 aromatic carbocycles. The van der Waals surface area contributed by atoms with Gasteiger partial charge >= 0.3 is 0 Å². The summed E-state index contributed by atoms with van der Waals surface area (Å²) < 4.78 is 0. The van der Waals surface area contributed by atoms with Crippen LogP contribution in [-0.2, 0) is 9.59 Å². The minimum absolute atomic E-state index is 0.0120. The number of hydrogen-bond donors (Lipinski definition) is 3. The van der Waals surface area contributed by atoms with Crippen molar-refractivity contribution in [2.24, 2.45) is 23.2 Å². The van der Waals surface area contributed by atoms with E-state index in [1.807, 2.05) is 0 Å². The average molecular weight is 400 g/mol. The fourth-order valence-electron chi connectivity index (χ4n) is 5.91. The molecule has 0 aromatic heterocycles. The monoisotopic (exact) mass is 400 g/mol. The van der Waals surface area contributed by atoms with E-state index in [-0.39, 0.29) is 29.5 Å². The summed E-state index contributed by atoms with van der Waals surface area (Å²) in [4.78, 5) is 35.1. The Morgan fingerprint density at radius 3 is 2.10 bits per heavy atom. The second-order valence-electron chi connectivity index (χ2n) is 8.96. The maximum absolute atomic E-state index is 12.8. The van der Waals surface area contributed by atoms with Crippen molar-refractivity contribution in [2.75, 3.05) is 25.0 Å². The van der Waals surface area contributed by atoms with Gasteiger partial charge in [0.15, 0.2) is 0 Å². The van der Waals surface area contributed by atoms with Gasteiger partial charge in [-0.3, -0.25) is 19.7 Å². The molecule has 4 aliphatic carbocycles. The van der Waals surface area contributed by atoms with Crippen LogP contribution in [-0.4, -0.2) is 36.4 Å². The molecule has 2 amide bonds. The van der Waals surface area contributed by atoms with Crippen molar-refractivity contribution < 1.29 is 14.5 Å². The molecule has 0 aliphatic heterocycles. The van der Waals surface area contributed by atoms with Crippen molar-refractivity contribution in [3.63, 3.8) is 0 Å². The van der Waals surface area contributed by atoms with E-state index >= 15 is 0 Å². The standard InChI is InChI=1S/C21H28N4O4/c26-19(23-6-5-22-17-1-3-18(4-2-17)25(28)29)13-24-20(27)21-10-14-7-15(11-21)9-16(8-14)12-21/h1-4,14-16,22H,5-13H2,(H,23,26)(H,24,27). The fourth-order valence-corrected chi connectivity index (χ4v) is 5.91. The van der Waals surface area contributed by atoms with E-state index in [9.17, 15) is 19.7 Å². The molecule has 4 fully saturated rings. The van der Waals surface area contributed by atoms with Gasteiger partial charge in [0.05, 0.1) is 11.5 Å². The number of anilines is 1. The van der Waals surface area contributed by atoms with Crippen LogP contribution in [0.15, 0.2) is 24.3 Å². The zero-order valence-corrected chi connectivity index (χ0v) is 16.5. The average Bonchev–Trinajstić information content (AvgIpc) is 2.68. The van der Waals surface area contributed by atoms with E-state index in [2.05, 4.69) is 16.0 Å². The van der Waals surface area contributed by atoms with Crippen LogP contribution >= 0.6 is 0 Å². The summed E-state index contributed by atoms with van der Waals surface area (Å²) in [6.07, 6.45) is 6.83. The van der Waals surface area contributed by atoms with Crippen LogP contribution in [0.4, 0.5) is 11.4 Å². The van der Waals surface area contributed by atoms with Crippen LogP contribution in [0.5, 0.6) is 0 Å². The van der Waals surface area contributed by atoms with Crippen molar-refractivity contribution in [3.8, 4) is 0 Å². The number of nitrogens with one attached hydrogen (secondary N) is 3. The van der Waals surface area contributed by atoms with Gasteiger partial charge in [-0.2, -0.15) is 0 Å². The highest BCUT2D eigenvalue weighted by molar-refractivity contribution is 5.88. The summed E-state index contributed by atoms with van der Waals surface area (Å²) in [6, 6.07) is 6.12. The Kier molecular flexibility index (Phi) is 5.43. The minimum atomic E-state index is -0.443. The molecule has 0 saturated heterocycles. The summed E-state index contributed by atoms with van der Waals surface area (Å²) in [6.45, 7) is 0.910. The molecule has 4 bridgehead atoms. The highest BCUT2D eigenvalue weighted by Gasteiger charge is 2.54. The SMILES string of the molecule is O=C(CNC(=O)C12CC3CC(CC(C3)C1)C2)NCCNc1ccc([N+](=O)[O-])cc1. The molecule has 4 aliphatic rings. The zero-order valence-electron chi connectivity index (χ0n) is 16.5. The summed E-state index contributed by atoms with van der Waals surface area (Å²) >= 11 is 0. The predicted molar refractivity (Wildman–Crippen MR) is 108 cm³/mol. The molecule has 0 heterocycles. The number of nitro groups is 1. The number of rotatable bonds is 8. The van der Waals surface area contributed by atoms with Gasteiger partial charge in [-0.1, -0.05) is 0 Å². The quantitative estimate of drug-likeness (QED) is 0.352. The highest BCUT2D eigenvalue weighted by Crippen LogP contribution is 2.60. The van der Waals surface area contributed by atoms with Gasteiger partial charge in [0.25, 0.3) is 5.69 Å². The molecular weight excluding hydrogens is 372 g/mol. The molecule has 0 atom stereocenters. The van der Waals surface area contributed by atoms with E-state index in [1.54, 1.807) is 12.1 Å². The van der Waals surface area contributed by atoms with Crippen LogP contribution < -0.4 is 16.0 Å². The van der Waals surface area contributed by atoms with Crippen molar-refractivity contribution >= 4 is 23.2 Å². The lowest BCUT2D eigenvalue weighted by atomic mass is 9.49. The Balaban J connectivity index is 1.16. The first-order valence-electron chi connectivity index (χ1n) is 10.5. The van der Waals surface area contributed by atoms with Gasteiger partial charge in [-0.25, -0.2) is 0 Å². The lowest BCUT2D eigenvalue weighted by Gasteiger charge is -2.55. The van der Waals surface area contributed by atoms with E-state index < -0.39 is 4.92 Å². The summed E-state index contributed by atoms with van der Waals surface area (Å²) in [5.41, 5.74) is 0.561. The molecule has 5 rings (SSSR count). The number of benzene rings is 1. The predicted octanol–water partition coefficient (Wildman–Crippen LogP) is 2.46. The summed E-state index contributed by atoms with van der Waals surface area (Å²) in [5.74, 6) is 1.97. The van der Waals surface area contributed by atoms with E-state index in [4.69, 9.17) is 0 Å². The Morgan fingerprint density at radius 2 is 1.55 bits per heavy atom. The maximum Gasteiger partial charge on any atom is 0.269 e. The van der Waals surface area contributed by atoms with Gasteiger partial charge in [0.2, 0.25) is 11.8 Å². The largest absolute Gasteiger partial charge is 0.383 e. The molecule has 0 spiro atoms. The molecular formula is C21H28N4O4. The van der Waals surface area contributed by atoms with Gasteiger partial charge in [-0.05, 0) is 68.4 Å². The van der Waals surface area contributed by atoms with E-state index in [1.165, 1.54) is 31.4 Å².